The average Bonchev–Trinajstić information content (AvgIpc) is 2.47. The van der Waals surface area contributed by atoms with Crippen LogP contribution in [0, 0.1) is 6.92 Å². The Morgan fingerprint density at radius 1 is 1.25 bits per heavy atom. The summed E-state index contributed by atoms with van der Waals surface area (Å²) in [5.74, 6) is -0.184. The normalized spacial score (nSPS) is 11.9. The number of rotatable bonds is 5. The van der Waals surface area contributed by atoms with Crippen molar-refractivity contribution in [3.8, 4) is 0 Å². The van der Waals surface area contributed by atoms with Gasteiger partial charge in [0, 0.05) is 6.20 Å². The van der Waals surface area contributed by atoms with Crippen molar-refractivity contribution < 1.29 is 4.79 Å². The van der Waals surface area contributed by atoms with Crippen LogP contribution in [0.1, 0.15) is 17.0 Å². The van der Waals surface area contributed by atoms with E-state index in [1.54, 1.807) is 12.4 Å². The molecular formula is C15H18N4O. The summed E-state index contributed by atoms with van der Waals surface area (Å²) < 4.78 is 0. The largest absolute Gasteiger partial charge is 0.349 e. The van der Waals surface area contributed by atoms with Gasteiger partial charge in [-0.1, -0.05) is 30.3 Å². The maximum atomic E-state index is 11.9. The Labute approximate surface area is 118 Å². The molecule has 0 aliphatic heterocycles. The predicted octanol–water partition coefficient (Wildman–Crippen LogP) is 0.971. The van der Waals surface area contributed by atoms with Gasteiger partial charge in [-0.2, -0.15) is 0 Å². The lowest BCUT2D eigenvalue weighted by molar-refractivity contribution is -0.122. The zero-order chi connectivity index (χ0) is 14.4. The van der Waals surface area contributed by atoms with Crippen LogP contribution in [-0.4, -0.2) is 21.9 Å². The summed E-state index contributed by atoms with van der Waals surface area (Å²) in [7, 11) is 0. The lowest BCUT2D eigenvalue weighted by atomic mass is 10.1. The van der Waals surface area contributed by atoms with Crippen LogP contribution in [-0.2, 0) is 17.8 Å². The first-order valence-electron chi connectivity index (χ1n) is 6.50. The fraction of sp³-hybridized carbons (Fsp3) is 0.267. The van der Waals surface area contributed by atoms with E-state index in [1.165, 1.54) is 0 Å². The maximum Gasteiger partial charge on any atom is 0.237 e. The van der Waals surface area contributed by atoms with Crippen LogP contribution < -0.4 is 11.1 Å². The molecule has 1 heterocycles. The topological polar surface area (TPSA) is 80.9 Å². The second-order valence-electron chi connectivity index (χ2n) is 4.66. The molecule has 20 heavy (non-hydrogen) atoms. The Bertz CT molecular complexity index is 554. The second kappa shape index (κ2) is 6.77. The van der Waals surface area contributed by atoms with Gasteiger partial charge >= 0.3 is 0 Å². The van der Waals surface area contributed by atoms with Crippen molar-refractivity contribution in [2.75, 3.05) is 0 Å². The molecule has 1 amide bonds. The van der Waals surface area contributed by atoms with E-state index in [2.05, 4.69) is 15.3 Å². The second-order valence-corrected chi connectivity index (χ2v) is 4.66. The summed E-state index contributed by atoms with van der Waals surface area (Å²) in [6.07, 6.45) is 3.84. The molecule has 0 saturated heterocycles. The van der Waals surface area contributed by atoms with Gasteiger partial charge in [-0.25, -0.2) is 0 Å². The van der Waals surface area contributed by atoms with E-state index >= 15 is 0 Å². The van der Waals surface area contributed by atoms with Crippen LogP contribution >= 0.6 is 0 Å². The molecular weight excluding hydrogens is 252 g/mol. The van der Waals surface area contributed by atoms with Crippen LogP contribution in [0.3, 0.4) is 0 Å². The molecule has 104 valence electrons. The Kier molecular flexibility index (Phi) is 4.79. The van der Waals surface area contributed by atoms with Crippen molar-refractivity contribution in [3.63, 3.8) is 0 Å². The molecule has 0 saturated carbocycles. The van der Waals surface area contributed by atoms with Crippen molar-refractivity contribution >= 4 is 5.91 Å². The molecule has 0 aliphatic carbocycles. The number of aryl methyl sites for hydroxylation is 1. The molecule has 0 unspecified atom stereocenters. The van der Waals surface area contributed by atoms with Gasteiger partial charge in [0.2, 0.25) is 5.91 Å². The first-order chi connectivity index (χ1) is 9.65. The van der Waals surface area contributed by atoms with E-state index in [0.717, 1.165) is 17.0 Å². The summed E-state index contributed by atoms with van der Waals surface area (Å²) in [6.45, 7) is 2.21. The third-order valence-corrected chi connectivity index (χ3v) is 2.91. The van der Waals surface area contributed by atoms with Crippen LogP contribution in [0.5, 0.6) is 0 Å². The first kappa shape index (κ1) is 14.1. The molecule has 2 aromatic rings. The van der Waals surface area contributed by atoms with Gasteiger partial charge in [-0.05, 0) is 18.9 Å². The molecule has 0 aliphatic rings. The molecule has 0 spiro atoms. The lowest BCUT2D eigenvalue weighted by Crippen LogP contribution is -2.41. The number of carbonyl (C=O) groups is 1. The van der Waals surface area contributed by atoms with Crippen LogP contribution in [0.25, 0.3) is 0 Å². The number of hydrogen-bond acceptors (Lipinski definition) is 4. The minimum Gasteiger partial charge on any atom is -0.349 e. The SMILES string of the molecule is Cc1cnc(CNC(=O)[C@H](N)Cc2ccccc2)cn1. The highest BCUT2D eigenvalue weighted by Gasteiger charge is 2.13. The fourth-order valence-electron chi connectivity index (χ4n) is 1.78. The number of amides is 1. The standard InChI is InChI=1S/C15H18N4O/c1-11-8-18-13(9-17-11)10-19-15(20)14(16)7-12-5-3-2-4-6-12/h2-6,8-9,14H,7,10,16H2,1H3,(H,19,20)/t14-/m1/s1. The van der Waals surface area contributed by atoms with Crippen molar-refractivity contribution in [1.82, 2.24) is 15.3 Å². The zero-order valence-electron chi connectivity index (χ0n) is 11.4. The van der Waals surface area contributed by atoms with Crippen molar-refractivity contribution in [2.24, 2.45) is 5.73 Å². The third kappa shape index (κ3) is 4.13. The van der Waals surface area contributed by atoms with E-state index in [-0.39, 0.29) is 5.91 Å². The van der Waals surface area contributed by atoms with Gasteiger partial charge < -0.3 is 11.1 Å². The van der Waals surface area contributed by atoms with E-state index < -0.39 is 6.04 Å². The molecule has 0 bridgehead atoms. The zero-order valence-corrected chi connectivity index (χ0v) is 11.4. The Morgan fingerprint density at radius 2 is 2.00 bits per heavy atom. The van der Waals surface area contributed by atoms with E-state index in [1.807, 2.05) is 37.3 Å². The van der Waals surface area contributed by atoms with Gasteiger partial charge in [0.25, 0.3) is 0 Å². The lowest BCUT2D eigenvalue weighted by Gasteiger charge is -2.12. The Balaban J connectivity index is 1.83. The highest BCUT2D eigenvalue weighted by atomic mass is 16.2. The average molecular weight is 270 g/mol. The molecule has 1 aromatic heterocycles. The Morgan fingerprint density at radius 3 is 2.65 bits per heavy atom. The number of nitrogens with one attached hydrogen (secondary N) is 1. The summed E-state index contributed by atoms with van der Waals surface area (Å²) in [5, 5.41) is 2.77. The molecule has 2 rings (SSSR count). The first-order valence-corrected chi connectivity index (χ1v) is 6.50. The minimum absolute atomic E-state index is 0.184. The monoisotopic (exact) mass is 270 g/mol. The highest BCUT2D eigenvalue weighted by molar-refractivity contribution is 5.81. The van der Waals surface area contributed by atoms with Crippen LogP contribution in [0.4, 0.5) is 0 Å². The van der Waals surface area contributed by atoms with Gasteiger partial charge in [-0.15, -0.1) is 0 Å². The van der Waals surface area contributed by atoms with E-state index in [0.29, 0.717) is 13.0 Å². The third-order valence-electron chi connectivity index (χ3n) is 2.91. The molecule has 0 fully saturated rings. The maximum absolute atomic E-state index is 11.9. The number of nitrogens with zero attached hydrogens (tertiary/aromatic N) is 2. The van der Waals surface area contributed by atoms with E-state index in [4.69, 9.17) is 5.73 Å². The number of nitrogens with two attached hydrogens (primary N) is 1. The summed E-state index contributed by atoms with van der Waals surface area (Å²) >= 11 is 0. The summed E-state index contributed by atoms with van der Waals surface area (Å²) in [5.41, 5.74) is 8.50. The molecule has 3 N–H and O–H groups in total. The van der Waals surface area contributed by atoms with Crippen LogP contribution in [0.15, 0.2) is 42.7 Å². The highest BCUT2D eigenvalue weighted by Crippen LogP contribution is 2.02. The van der Waals surface area contributed by atoms with Gasteiger partial charge in [0.05, 0.1) is 30.2 Å². The van der Waals surface area contributed by atoms with Crippen molar-refractivity contribution in [3.05, 3.63) is 59.7 Å². The molecule has 1 aromatic carbocycles. The van der Waals surface area contributed by atoms with Gasteiger partial charge in [0.1, 0.15) is 0 Å². The number of aromatic nitrogens is 2. The smallest absolute Gasteiger partial charge is 0.237 e. The summed E-state index contributed by atoms with van der Waals surface area (Å²) in [6, 6.07) is 9.15. The minimum atomic E-state index is -0.559. The van der Waals surface area contributed by atoms with Gasteiger partial charge in [-0.3, -0.25) is 14.8 Å². The van der Waals surface area contributed by atoms with E-state index in [9.17, 15) is 4.79 Å². The Hall–Kier alpha value is -2.27. The molecule has 5 nitrogen and oxygen atoms in total. The van der Waals surface area contributed by atoms with Crippen LogP contribution in [0.2, 0.25) is 0 Å². The number of hydrogen-bond donors (Lipinski definition) is 2. The molecule has 1 atom stereocenters. The summed E-state index contributed by atoms with van der Waals surface area (Å²) in [4.78, 5) is 20.2. The number of carbonyl (C=O) groups excluding carboxylic acids is 1. The molecule has 0 radical (unpaired) electrons. The fourth-order valence-corrected chi connectivity index (χ4v) is 1.78. The molecule has 5 heteroatoms. The van der Waals surface area contributed by atoms with Crippen molar-refractivity contribution in [2.45, 2.75) is 25.9 Å². The predicted molar refractivity (Wildman–Crippen MR) is 76.7 cm³/mol. The van der Waals surface area contributed by atoms with Gasteiger partial charge in [0.15, 0.2) is 0 Å². The quantitative estimate of drug-likeness (QED) is 0.848. The number of benzene rings is 1. The van der Waals surface area contributed by atoms with Crippen molar-refractivity contribution in [1.29, 1.82) is 0 Å².